The first-order valence-electron chi connectivity index (χ1n) is 5.92. The van der Waals surface area contributed by atoms with Crippen LogP contribution in [0.1, 0.15) is 19.5 Å². The first kappa shape index (κ1) is 13.1. The predicted molar refractivity (Wildman–Crippen MR) is 68.6 cm³/mol. The summed E-state index contributed by atoms with van der Waals surface area (Å²) in [6.45, 7) is 5.51. The summed E-state index contributed by atoms with van der Waals surface area (Å²) < 4.78 is 0. The van der Waals surface area contributed by atoms with Gasteiger partial charge in [0.1, 0.15) is 0 Å². The molecule has 0 aliphatic heterocycles. The molecule has 0 aliphatic rings. The lowest BCUT2D eigenvalue weighted by molar-refractivity contribution is 0.220. The molecule has 0 spiro atoms. The van der Waals surface area contributed by atoms with Crippen LogP contribution < -0.4 is 5.32 Å². The van der Waals surface area contributed by atoms with Crippen LogP contribution in [0.4, 0.5) is 0 Å². The highest BCUT2D eigenvalue weighted by molar-refractivity contribution is 5.03. The molecule has 90 valence electrons. The van der Waals surface area contributed by atoms with Gasteiger partial charge in [-0.15, -0.1) is 0 Å². The minimum absolute atomic E-state index is 0.508. The molecule has 3 nitrogen and oxygen atoms in total. The van der Waals surface area contributed by atoms with E-state index in [9.17, 15) is 0 Å². The van der Waals surface area contributed by atoms with Gasteiger partial charge >= 0.3 is 0 Å². The molecular formula is C13H23N3. The summed E-state index contributed by atoms with van der Waals surface area (Å²) in [4.78, 5) is 6.70. The lowest BCUT2D eigenvalue weighted by atomic mass is 10.1. The molecular weight excluding hydrogens is 198 g/mol. The van der Waals surface area contributed by atoms with Gasteiger partial charge < -0.3 is 10.2 Å². The highest BCUT2D eigenvalue weighted by Gasteiger charge is 2.14. The molecule has 1 aromatic rings. The fourth-order valence-corrected chi connectivity index (χ4v) is 1.66. The van der Waals surface area contributed by atoms with Gasteiger partial charge in [0, 0.05) is 36.9 Å². The predicted octanol–water partition coefficient (Wildman–Crippen LogP) is 1.55. The van der Waals surface area contributed by atoms with E-state index in [0.29, 0.717) is 12.1 Å². The van der Waals surface area contributed by atoms with Crippen LogP contribution in [-0.2, 0) is 6.42 Å². The summed E-state index contributed by atoms with van der Waals surface area (Å²) in [5.41, 5.74) is 1.17. The summed E-state index contributed by atoms with van der Waals surface area (Å²) in [7, 11) is 4.18. The van der Waals surface area contributed by atoms with Gasteiger partial charge in [0.25, 0.3) is 0 Å². The maximum atomic E-state index is 4.33. The molecule has 0 aliphatic carbocycles. The Morgan fingerprint density at radius 1 is 1.38 bits per heavy atom. The Morgan fingerprint density at radius 3 is 2.69 bits per heavy atom. The van der Waals surface area contributed by atoms with Crippen molar-refractivity contribution in [2.24, 2.45) is 0 Å². The third kappa shape index (κ3) is 3.91. The van der Waals surface area contributed by atoms with Crippen LogP contribution in [0.15, 0.2) is 24.4 Å². The Bertz CT molecular complexity index is 286. The molecule has 1 heterocycles. The van der Waals surface area contributed by atoms with E-state index >= 15 is 0 Å². The Balaban J connectivity index is 2.38. The third-order valence-corrected chi connectivity index (χ3v) is 3.32. The van der Waals surface area contributed by atoms with Gasteiger partial charge in [-0.25, -0.2) is 0 Å². The van der Waals surface area contributed by atoms with Crippen molar-refractivity contribution >= 4 is 0 Å². The zero-order chi connectivity index (χ0) is 12.0. The van der Waals surface area contributed by atoms with Crippen molar-refractivity contribution in [1.29, 1.82) is 0 Å². The smallest absolute Gasteiger partial charge is 0.0416 e. The summed E-state index contributed by atoms with van der Waals surface area (Å²) >= 11 is 0. The van der Waals surface area contributed by atoms with Crippen LogP contribution in [0, 0.1) is 0 Å². The van der Waals surface area contributed by atoms with E-state index in [4.69, 9.17) is 0 Å². The van der Waals surface area contributed by atoms with Gasteiger partial charge in [-0.2, -0.15) is 0 Å². The largest absolute Gasteiger partial charge is 0.316 e. The fraction of sp³-hybridized carbons (Fsp3) is 0.615. The van der Waals surface area contributed by atoms with E-state index in [-0.39, 0.29) is 0 Å². The molecule has 16 heavy (non-hydrogen) atoms. The SMILES string of the molecule is CNC(C)C(C)N(C)CCc1ccccn1. The van der Waals surface area contributed by atoms with Gasteiger partial charge in [0.05, 0.1) is 0 Å². The summed E-state index contributed by atoms with van der Waals surface area (Å²) in [5, 5.41) is 3.29. The van der Waals surface area contributed by atoms with Crippen LogP contribution >= 0.6 is 0 Å². The van der Waals surface area contributed by atoms with Crippen LogP contribution in [0.2, 0.25) is 0 Å². The topological polar surface area (TPSA) is 28.2 Å². The van der Waals surface area contributed by atoms with E-state index < -0.39 is 0 Å². The Labute approximate surface area is 98.9 Å². The maximum Gasteiger partial charge on any atom is 0.0416 e. The monoisotopic (exact) mass is 221 g/mol. The second kappa shape index (κ2) is 6.61. The second-order valence-electron chi connectivity index (χ2n) is 4.37. The van der Waals surface area contributed by atoms with Crippen LogP contribution in [0.5, 0.6) is 0 Å². The number of pyridine rings is 1. The lowest BCUT2D eigenvalue weighted by Crippen LogP contribution is -2.44. The Hall–Kier alpha value is -0.930. The Kier molecular flexibility index (Phi) is 5.43. The van der Waals surface area contributed by atoms with Crippen molar-refractivity contribution in [3.05, 3.63) is 30.1 Å². The maximum absolute atomic E-state index is 4.33. The van der Waals surface area contributed by atoms with Crippen molar-refractivity contribution in [3.63, 3.8) is 0 Å². The number of hydrogen-bond donors (Lipinski definition) is 1. The molecule has 0 bridgehead atoms. The van der Waals surface area contributed by atoms with Crippen molar-refractivity contribution in [2.45, 2.75) is 32.4 Å². The van der Waals surface area contributed by atoms with Gasteiger partial charge in [0.2, 0.25) is 0 Å². The summed E-state index contributed by atoms with van der Waals surface area (Å²) in [5.74, 6) is 0. The molecule has 2 unspecified atom stereocenters. The quantitative estimate of drug-likeness (QED) is 0.790. The fourth-order valence-electron chi connectivity index (χ4n) is 1.66. The van der Waals surface area contributed by atoms with E-state index in [2.05, 4.69) is 42.2 Å². The zero-order valence-electron chi connectivity index (χ0n) is 10.8. The number of aromatic nitrogens is 1. The van der Waals surface area contributed by atoms with Crippen molar-refractivity contribution in [2.75, 3.05) is 20.6 Å². The second-order valence-corrected chi connectivity index (χ2v) is 4.37. The molecule has 0 radical (unpaired) electrons. The highest BCUT2D eigenvalue weighted by Crippen LogP contribution is 2.03. The molecule has 0 saturated heterocycles. The van der Waals surface area contributed by atoms with Gasteiger partial charge in [0.15, 0.2) is 0 Å². The van der Waals surface area contributed by atoms with Gasteiger partial charge in [-0.05, 0) is 40.1 Å². The molecule has 1 aromatic heterocycles. The third-order valence-electron chi connectivity index (χ3n) is 3.32. The van der Waals surface area contributed by atoms with E-state index in [1.54, 1.807) is 0 Å². The van der Waals surface area contributed by atoms with Crippen LogP contribution in [-0.4, -0.2) is 42.6 Å². The Morgan fingerprint density at radius 2 is 2.12 bits per heavy atom. The zero-order valence-corrected chi connectivity index (χ0v) is 10.8. The average Bonchev–Trinajstić information content (AvgIpc) is 2.35. The van der Waals surface area contributed by atoms with Crippen molar-refractivity contribution in [3.8, 4) is 0 Å². The number of rotatable bonds is 6. The van der Waals surface area contributed by atoms with E-state index in [0.717, 1.165) is 13.0 Å². The van der Waals surface area contributed by atoms with Crippen molar-refractivity contribution < 1.29 is 0 Å². The number of nitrogens with zero attached hydrogens (tertiary/aromatic N) is 2. The first-order chi connectivity index (χ1) is 7.65. The number of nitrogens with one attached hydrogen (secondary N) is 1. The standard InChI is InChI=1S/C13H23N3/c1-11(14-3)12(2)16(4)10-8-13-7-5-6-9-15-13/h5-7,9,11-12,14H,8,10H2,1-4H3. The molecule has 3 heteroatoms. The molecule has 0 saturated carbocycles. The van der Waals surface area contributed by atoms with Crippen molar-refractivity contribution in [1.82, 2.24) is 15.2 Å². The highest BCUT2D eigenvalue weighted by atomic mass is 15.1. The molecule has 0 aromatic carbocycles. The molecule has 1 N–H and O–H groups in total. The average molecular weight is 221 g/mol. The molecule has 1 rings (SSSR count). The molecule has 0 fully saturated rings. The van der Waals surface area contributed by atoms with Gasteiger partial charge in [-0.1, -0.05) is 6.07 Å². The van der Waals surface area contributed by atoms with Gasteiger partial charge in [-0.3, -0.25) is 4.98 Å². The summed E-state index contributed by atoms with van der Waals surface area (Å²) in [6, 6.07) is 7.13. The molecule has 0 amide bonds. The normalized spacial score (nSPS) is 15.1. The number of hydrogen-bond acceptors (Lipinski definition) is 3. The first-order valence-corrected chi connectivity index (χ1v) is 5.92. The van der Waals surface area contributed by atoms with Crippen LogP contribution in [0.3, 0.4) is 0 Å². The summed E-state index contributed by atoms with van der Waals surface area (Å²) in [6.07, 6.45) is 2.87. The minimum atomic E-state index is 0.508. The van der Waals surface area contributed by atoms with E-state index in [1.165, 1.54) is 5.69 Å². The van der Waals surface area contributed by atoms with E-state index in [1.807, 2.05) is 25.4 Å². The minimum Gasteiger partial charge on any atom is -0.316 e. The lowest BCUT2D eigenvalue weighted by Gasteiger charge is -2.29. The van der Waals surface area contributed by atoms with Crippen LogP contribution in [0.25, 0.3) is 0 Å². The molecule has 2 atom stereocenters. The number of likely N-dealkylation sites (N-methyl/N-ethyl adjacent to an activating group) is 2.